The molecule has 0 saturated heterocycles. The van der Waals surface area contributed by atoms with Crippen molar-refractivity contribution in [2.75, 3.05) is 40.1 Å². The quantitative estimate of drug-likeness (QED) is 0.646. The first kappa shape index (κ1) is 15.4. The van der Waals surface area contributed by atoms with E-state index in [-0.39, 0.29) is 6.61 Å². The Kier molecular flexibility index (Phi) is 8.39. The van der Waals surface area contributed by atoms with Crippen LogP contribution in [0.1, 0.15) is 5.56 Å². The van der Waals surface area contributed by atoms with Crippen LogP contribution in [0.2, 0.25) is 0 Å². The van der Waals surface area contributed by atoms with Crippen molar-refractivity contribution in [3.63, 3.8) is 0 Å². The normalized spacial score (nSPS) is 10.1. The predicted octanol–water partition coefficient (Wildman–Crippen LogP) is 1.34. The molecule has 0 heterocycles. The van der Waals surface area contributed by atoms with Crippen molar-refractivity contribution < 1.29 is 14.2 Å². The predicted molar refractivity (Wildman–Crippen MR) is 72.0 cm³/mol. The number of benzene rings is 1. The van der Waals surface area contributed by atoms with Gasteiger partial charge < -0.3 is 19.5 Å². The zero-order valence-electron chi connectivity index (χ0n) is 11.2. The summed E-state index contributed by atoms with van der Waals surface area (Å²) in [7, 11) is 1.66. The molecule has 0 fully saturated rings. The van der Waals surface area contributed by atoms with Crippen molar-refractivity contribution in [1.29, 1.82) is 5.26 Å². The molecule has 1 N–H and O–H groups in total. The van der Waals surface area contributed by atoms with Gasteiger partial charge >= 0.3 is 0 Å². The van der Waals surface area contributed by atoms with Crippen LogP contribution in [0.3, 0.4) is 0 Å². The van der Waals surface area contributed by atoms with Crippen LogP contribution in [0.15, 0.2) is 24.3 Å². The number of nitriles is 1. The smallest absolute Gasteiger partial charge is 0.174 e. The molecule has 0 aliphatic heterocycles. The summed E-state index contributed by atoms with van der Waals surface area (Å²) in [5.74, 6) is 0.720. The molecule has 0 atom stereocenters. The van der Waals surface area contributed by atoms with Crippen LogP contribution in [0.25, 0.3) is 0 Å². The highest BCUT2D eigenvalue weighted by atomic mass is 16.5. The van der Waals surface area contributed by atoms with Crippen LogP contribution >= 0.6 is 0 Å². The topological polar surface area (TPSA) is 63.5 Å². The number of nitrogens with one attached hydrogen (secondary N) is 1. The Morgan fingerprint density at radius 1 is 1.26 bits per heavy atom. The van der Waals surface area contributed by atoms with Gasteiger partial charge in [-0.25, -0.2) is 0 Å². The number of ether oxygens (including phenoxy) is 3. The third-order valence-electron chi connectivity index (χ3n) is 2.39. The minimum absolute atomic E-state index is 0.0736. The lowest BCUT2D eigenvalue weighted by Crippen LogP contribution is -2.20. The van der Waals surface area contributed by atoms with Crippen molar-refractivity contribution in [1.82, 2.24) is 5.32 Å². The molecule has 5 heteroatoms. The molecule has 0 saturated carbocycles. The molecular formula is C14H20N2O3. The van der Waals surface area contributed by atoms with Gasteiger partial charge in [-0.15, -0.1) is 0 Å². The number of rotatable bonds is 10. The highest BCUT2D eigenvalue weighted by Crippen LogP contribution is 2.12. The molecule has 104 valence electrons. The summed E-state index contributed by atoms with van der Waals surface area (Å²) in [6.45, 7) is 3.51. The average Bonchev–Trinajstić information content (AvgIpc) is 2.44. The number of methoxy groups -OCH3 is 1. The molecule has 0 spiro atoms. The van der Waals surface area contributed by atoms with Gasteiger partial charge in [0.05, 0.1) is 19.8 Å². The van der Waals surface area contributed by atoms with E-state index in [1.54, 1.807) is 7.11 Å². The molecule has 0 aromatic heterocycles. The van der Waals surface area contributed by atoms with E-state index in [0.29, 0.717) is 19.8 Å². The highest BCUT2D eigenvalue weighted by molar-refractivity contribution is 5.28. The zero-order chi connectivity index (χ0) is 13.8. The van der Waals surface area contributed by atoms with E-state index in [1.165, 1.54) is 0 Å². The molecule has 0 radical (unpaired) electrons. The Bertz CT molecular complexity index is 391. The van der Waals surface area contributed by atoms with E-state index in [1.807, 2.05) is 30.3 Å². The largest absolute Gasteiger partial charge is 0.479 e. The molecule has 0 amide bonds. The third-order valence-corrected chi connectivity index (χ3v) is 2.39. The Morgan fingerprint density at radius 2 is 2.16 bits per heavy atom. The van der Waals surface area contributed by atoms with Crippen LogP contribution in [0.4, 0.5) is 0 Å². The Morgan fingerprint density at radius 3 is 2.95 bits per heavy atom. The van der Waals surface area contributed by atoms with E-state index in [2.05, 4.69) is 5.32 Å². The van der Waals surface area contributed by atoms with Gasteiger partial charge in [0.15, 0.2) is 6.61 Å². The van der Waals surface area contributed by atoms with Gasteiger partial charge in [0.2, 0.25) is 0 Å². The van der Waals surface area contributed by atoms with Gasteiger partial charge in [0, 0.05) is 20.2 Å². The summed E-state index contributed by atoms with van der Waals surface area (Å²) < 4.78 is 15.5. The van der Waals surface area contributed by atoms with Crippen LogP contribution in [0.5, 0.6) is 5.75 Å². The molecule has 1 aromatic rings. The molecule has 19 heavy (non-hydrogen) atoms. The molecule has 0 bridgehead atoms. The fourth-order valence-electron chi connectivity index (χ4n) is 1.48. The van der Waals surface area contributed by atoms with Crippen molar-refractivity contribution in [3.8, 4) is 11.8 Å². The van der Waals surface area contributed by atoms with Crippen molar-refractivity contribution in [2.45, 2.75) is 6.54 Å². The lowest BCUT2D eigenvalue weighted by atomic mass is 10.2. The fraction of sp³-hybridized carbons (Fsp3) is 0.500. The second-order valence-electron chi connectivity index (χ2n) is 3.88. The van der Waals surface area contributed by atoms with E-state index in [4.69, 9.17) is 19.5 Å². The van der Waals surface area contributed by atoms with Gasteiger partial charge in [-0.1, -0.05) is 12.1 Å². The first-order chi connectivity index (χ1) is 9.36. The summed E-state index contributed by atoms with van der Waals surface area (Å²) >= 11 is 0. The Balaban J connectivity index is 2.16. The van der Waals surface area contributed by atoms with Gasteiger partial charge in [-0.2, -0.15) is 5.26 Å². The van der Waals surface area contributed by atoms with E-state index in [0.717, 1.165) is 24.4 Å². The monoisotopic (exact) mass is 264 g/mol. The SMILES string of the molecule is COCCOCCNCc1cccc(OCC#N)c1. The summed E-state index contributed by atoms with van der Waals surface area (Å²) in [6, 6.07) is 9.64. The summed E-state index contributed by atoms with van der Waals surface area (Å²) in [5.41, 5.74) is 1.12. The summed E-state index contributed by atoms with van der Waals surface area (Å²) in [5, 5.41) is 11.7. The summed E-state index contributed by atoms with van der Waals surface area (Å²) in [6.07, 6.45) is 0. The van der Waals surface area contributed by atoms with Crippen LogP contribution < -0.4 is 10.1 Å². The first-order valence-electron chi connectivity index (χ1n) is 6.23. The summed E-state index contributed by atoms with van der Waals surface area (Å²) in [4.78, 5) is 0. The second-order valence-corrected chi connectivity index (χ2v) is 3.88. The van der Waals surface area contributed by atoms with E-state index in [9.17, 15) is 0 Å². The van der Waals surface area contributed by atoms with Gasteiger partial charge in [-0.05, 0) is 17.7 Å². The third kappa shape index (κ3) is 7.42. The first-order valence-corrected chi connectivity index (χ1v) is 6.23. The molecule has 1 rings (SSSR count). The van der Waals surface area contributed by atoms with Crippen LogP contribution in [0, 0.1) is 11.3 Å². The maximum absolute atomic E-state index is 8.45. The molecule has 0 unspecified atom stereocenters. The number of hydrogen-bond acceptors (Lipinski definition) is 5. The van der Waals surface area contributed by atoms with E-state index >= 15 is 0 Å². The Hall–Kier alpha value is -1.61. The molecule has 1 aromatic carbocycles. The zero-order valence-corrected chi connectivity index (χ0v) is 11.2. The van der Waals surface area contributed by atoms with Gasteiger partial charge in [-0.3, -0.25) is 0 Å². The lowest BCUT2D eigenvalue weighted by molar-refractivity contribution is 0.0719. The van der Waals surface area contributed by atoms with Crippen LogP contribution in [-0.4, -0.2) is 40.1 Å². The number of hydrogen-bond donors (Lipinski definition) is 1. The number of nitrogens with zero attached hydrogens (tertiary/aromatic N) is 1. The molecule has 0 aliphatic carbocycles. The maximum Gasteiger partial charge on any atom is 0.174 e. The van der Waals surface area contributed by atoms with Crippen molar-refractivity contribution in [3.05, 3.63) is 29.8 Å². The Labute approximate surface area is 114 Å². The minimum atomic E-state index is 0.0736. The molecule has 5 nitrogen and oxygen atoms in total. The molecular weight excluding hydrogens is 244 g/mol. The maximum atomic E-state index is 8.45. The highest BCUT2D eigenvalue weighted by Gasteiger charge is 1.97. The van der Waals surface area contributed by atoms with Crippen molar-refractivity contribution >= 4 is 0 Å². The van der Waals surface area contributed by atoms with Gasteiger partial charge in [0.25, 0.3) is 0 Å². The minimum Gasteiger partial charge on any atom is -0.479 e. The second kappa shape index (κ2) is 10.3. The van der Waals surface area contributed by atoms with Crippen molar-refractivity contribution in [2.24, 2.45) is 0 Å². The fourth-order valence-corrected chi connectivity index (χ4v) is 1.48. The van der Waals surface area contributed by atoms with E-state index < -0.39 is 0 Å². The average molecular weight is 264 g/mol. The van der Waals surface area contributed by atoms with Gasteiger partial charge in [0.1, 0.15) is 11.8 Å². The lowest BCUT2D eigenvalue weighted by Gasteiger charge is -2.07. The molecule has 0 aliphatic rings. The van der Waals surface area contributed by atoms with Crippen LogP contribution in [-0.2, 0) is 16.0 Å². The standard InChI is InChI=1S/C14H20N2O3/c1-17-9-10-18-8-6-16-12-13-3-2-4-14(11-13)19-7-5-15/h2-4,11,16H,6-10,12H2,1H3.